The van der Waals surface area contributed by atoms with Gasteiger partial charge in [-0.25, -0.2) is 9.97 Å². The van der Waals surface area contributed by atoms with Crippen molar-refractivity contribution in [3.05, 3.63) is 18.1 Å². The number of piperazine rings is 1. The van der Waals surface area contributed by atoms with E-state index in [4.69, 9.17) is 0 Å². The summed E-state index contributed by atoms with van der Waals surface area (Å²) in [5.41, 5.74) is 1.99. The van der Waals surface area contributed by atoms with E-state index in [1.54, 1.807) is 6.33 Å². The van der Waals surface area contributed by atoms with Gasteiger partial charge >= 0.3 is 0 Å². The molecule has 0 unspecified atom stereocenters. The fourth-order valence-electron chi connectivity index (χ4n) is 4.43. The topological polar surface area (TPSA) is 116 Å². The second-order valence-electron chi connectivity index (χ2n) is 8.07. The minimum atomic E-state index is -0.200. The van der Waals surface area contributed by atoms with Crippen molar-refractivity contribution in [1.29, 1.82) is 5.26 Å². The molecule has 1 aliphatic heterocycles. The molecule has 0 aromatic carbocycles. The Morgan fingerprint density at radius 3 is 2.83 bits per heavy atom. The molecule has 2 aromatic heterocycles. The van der Waals surface area contributed by atoms with Crippen LogP contribution in [0.25, 0.3) is 11.0 Å². The summed E-state index contributed by atoms with van der Waals surface area (Å²) in [4.78, 5) is 20.6. The number of aromatic nitrogens is 3. The van der Waals surface area contributed by atoms with Crippen molar-refractivity contribution in [2.24, 2.45) is 4.99 Å². The van der Waals surface area contributed by atoms with Crippen LogP contribution in [0.2, 0.25) is 0 Å². The molecule has 0 amide bonds. The number of rotatable bonds is 2. The van der Waals surface area contributed by atoms with Crippen LogP contribution in [0.1, 0.15) is 38.2 Å². The molecular formula is C20H28N8O. The quantitative estimate of drug-likeness (QED) is 0.400. The van der Waals surface area contributed by atoms with Gasteiger partial charge in [-0.2, -0.15) is 5.26 Å². The number of nitriles is 1. The summed E-state index contributed by atoms with van der Waals surface area (Å²) in [7, 11) is 0. The maximum Gasteiger partial charge on any atom is 0.210 e. The van der Waals surface area contributed by atoms with E-state index >= 15 is 0 Å². The van der Waals surface area contributed by atoms with E-state index in [0.717, 1.165) is 67.7 Å². The number of aromatic amines is 1. The van der Waals surface area contributed by atoms with Crippen molar-refractivity contribution >= 4 is 22.8 Å². The van der Waals surface area contributed by atoms with Crippen molar-refractivity contribution in [2.45, 2.75) is 57.7 Å². The summed E-state index contributed by atoms with van der Waals surface area (Å²) in [6, 6.07) is 0.418. The minimum Gasteiger partial charge on any atom is -0.393 e. The Morgan fingerprint density at radius 2 is 2.10 bits per heavy atom. The number of aliphatic imine (C=N–C) groups is 1. The number of aliphatic hydroxyl groups is 1. The number of H-pyrrole nitrogens is 1. The molecule has 1 aliphatic carbocycles. The number of guanidine groups is 1. The van der Waals surface area contributed by atoms with Gasteiger partial charge < -0.3 is 25.2 Å². The third-order valence-electron chi connectivity index (χ3n) is 6.03. The average molecular weight is 396 g/mol. The molecule has 1 atom stereocenters. The first-order valence-corrected chi connectivity index (χ1v) is 10.3. The maximum absolute atomic E-state index is 9.73. The highest BCUT2D eigenvalue weighted by atomic mass is 16.3. The molecule has 9 heteroatoms. The number of anilines is 1. The van der Waals surface area contributed by atoms with Gasteiger partial charge in [-0.05, 0) is 45.1 Å². The Labute approximate surface area is 170 Å². The number of fused-ring (bicyclic) bond motifs is 1. The average Bonchev–Trinajstić information content (AvgIpc) is 3.10. The summed E-state index contributed by atoms with van der Waals surface area (Å²) in [6.07, 6.45) is 8.69. The molecule has 0 bridgehead atoms. The highest BCUT2D eigenvalue weighted by Gasteiger charge is 2.30. The molecule has 1 saturated heterocycles. The Bertz CT molecular complexity index is 924. The van der Waals surface area contributed by atoms with E-state index in [9.17, 15) is 10.4 Å². The highest BCUT2D eigenvalue weighted by Crippen LogP contribution is 2.27. The van der Waals surface area contributed by atoms with E-state index in [0.29, 0.717) is 5.96 Å². The molecule has 0 spiro atoms. The number of nitrogens with one attached hydrogen (secondary N) is 2. The van der Waals surface area contributed by atoms with Crippen LogP contribution in [-0.4, -0.2) is 68.7 Å². The molecule has 29 heavy (non-hydrogen) atoms. The third-order valence-corrected chi connectivity index (χ3v) is 6.03. The SMILES string of the molecule is Cc1c[nH]c2ncnc(N3CCN(/C(=N/C#N)N[C@H]4CC[C@H](O)CC4)[C@@H](C)C3)c12. The van der Waals surface area contributed by atoms with Gasteiger partial charge in [-0.1, -0.05) is 0 Å². The lowest BCUT2D eigenvalue weighted by molar-refractivity contribution is 0.119. The minimum absolute atomic E-state index is 0.168. The van der Waals surface area contributed by atoms with Crippen LogP contribution in [0, 0.1) is 18.4 Å². The molecule has 0 radical (unpaired) electrons. The van der Waals surface area contributed by atoms with E-state index in [1.165, 1.54) is 0 Å². The maximum atomic E-state index is 9.73. The van der Waals surface area contributed by atoms with Crippen LogP contribution in [0.15, 0.2) is 17.5 Å². The monoisotopic (exact) mass is 396 g/mol. The van der Waals surface area contributed by atoms with Crippen LogP contribution >= 0.6 is 0 Å². The van der Waals surface area contributed by atoms with Gasteiger partial charge in [-0.3, -0.25) is 0 Å². The lowest BCUT2D eigenvalue weighted by atomic mass is 9.93. The fraction of sp³-hybridized carbons (Fsp3) is 0.600. The second-order valence-corrected chi connectivity index (χ2v) is 8.07. The van der Waals surface area contributed by atoms with E-state index in [2.05, 4.69) is 48.9 Å². The predicted octanol–water partition coefficient (Wildman–Crippen LogP) is 1.51. The molecule has 4 rings (SSSR count). The zero-order chi connectivity index (χ0) is 20.4. The van der Waals surface area contributed by atoms with Crippen LogP contribution in [0.3, 0.4) is 0 Å². The van der Waals surface area contributed by atoms with Crippen LogP contribution in [0.5, 0.6) is 0 Å². The van der Waals surface area contributed by atoms with Crippen molar-refractivity contribution in [1.82, 2.24) is 25.2 Å². The van der Waals surface area contributed by atoms with E-state index in [1.807, 2.05) is 12.4 Å². The Kier molecular flexibility index (Phi) is 5.53. The highest BCUT2D eigenvalue weighted by molar-refractivity contribution is 5.90. The number of aliphatic hydroxyl groups excluding tert-OH is 1. The largest absolute Gasteiger partial charge is 0.393 e. The number of hydrogen-bond donors (Lipinski definition) is 3. The van der Waals surface area contributed by atoms with Crippen molar-refractivity contribution in [3.8, 4) is 6.19 Å². The first kappa shape index (κ1) is 19.5. The fourth-order valence-corrected chi connectivity index (χ4v) is 4.43. The first-order valence-electron chi connectivity index (χ1n) is 10.3. The molecule has 3 N–H and O–H groups in total. The molecule has 9 nitrogen and oxygen atoms in total. The summed E-state index contributed by atoms with van der Waals surface area (Å²) in [5.74, 6) is 1.60. The molecular weight excluding hydrogens is 368 g/mol. The Balaban J connectivity index is 1.48. The van der Waals surface area contributed by atoms with E-state index in [-0.39, 0.29) is 18.2 Å². The van der Waals surface area contributed by atoms with Gasteiger partial charge in [-0.15, -0.1) is 4.99 Å². The van der Waals surface area contributed by atoms with Gasteiger partial charge in [0.05, 0.1) is 11.5 Å². The molecule has 154 valence electrons. The zero-order valence-electron chi connectivity index (χ0n) is 17.0. The second kappa shape index (κ2) is 8.25. The van der Waals surface area contributed by atoms with Gasteiger partial charge in [0.1, 0.15) is 17.8 Å². The first-order chi connectivity index (χ1) is 14.1. The van der Waals surface area contributed by atoms with Crippen molar-refractivity contribution in [2.75, 3.05) is 24.5 Å². The number of aryl methyl sites for hydroxylation is 1. The molecule has 2 aliphatic rings. The number of hydrogen-bond acceptors (Lipinski definition) is 6. The summed E-state index contributed by atoms with van der Waals surface area (Å²) in [6.45, 7) is 6.53. The van der Waals surface area contributed by atoms with Crippen molar-refractivity contribution in [3.63, 3.8) is 0 Å². The normalized spacial score (nSPS) is 25.9. The van der Waals surface area contributed by atoms with Gasteiger partial charge in [0.25, 0.3) is 0 Å². The van der Waals surface area contributed by atoms with Crippen LogP contribution in [-0.2, 0) is 0 Å². The predicted molar refractivity (Wildman–Crippen MR) is 111 cm³/mol. The molecule has 2 fully saturated rings. The Morgan fingerprint density at radius 1 is 1.31 bits per heavy atom. The zero-order valence-corrected chi connectivity index (χ0v) is 17.0. The third kappa shape index (κ3) is 3.98. The molecule has 3 heterocycles. The van der Waals surface area contributed by atoms with Gasteiger partial charge in [0, 0.05) is 37.9 Å². The van der Waals surface area contributed by atoms with E-state index < -0.39 is 0 Å². The van der Waals surface area contributed by atoms with Crippen LogP contribution < -0.4 is 10.2 Å². The lowest BCUT2D eigenvalue weighted by Crippen LogP contribution is -2.58. The number of nitrogens with zero attached hydrogens (tertiary/aromatic N) is 6. The summed E-state index contributed by atoms with van der Waals surface area (Å²) in [5, 5.41) is 23.5. The van der Waals surface area contributed by atoms with Crippen LogP contribution in [0.4, 0.5) is 5.82 Å². The summed E-state index contributed by atoms with van der Waals surface area (Å²) >= 11 is 0. The Hall–Kier alpha value is -2.86. The molecule has 2 aromatic rings. The standard InChI is InChI=1S/C20H28N8O/c1-13-9-22-18-17(13)19(25-12-24-18)27-7-8-28(14(2)10-27)20(23-11-21)26-15-3-5-16(29)6-4-15/h9,12,14-16,29H,3-8,10H2,1-2H3,(H,23,26)(H,22,24,25)/t14-,15-,16-/m0/s1. The van der Waals surface area contributed by atoms with Gasteiger partial charge in [0.2, 0.25) is 12.2 Å². The summed E-state index contributed by atoms with van der Waals surface area (Å²) < 4.78 is 0. The lowest BCUT2D eigenvalue weighted by Gasteiger charge is -2.42. The van der Waals surface area contributed by atoms with Gasteiger partial charge in [0.15, 0.2) is 0 Å². The molecule has 1 saturated carbocycles. The van der Waals surface area contributed by atoms with Crippen molar-refractivity contribution < 1.29 is 5.11 Å². The smallest absolute Gasteiger partial charge is 0.210 e.